The highest BCUT2D eigenvalue weighted by Crippen LogP contribution is 2.40. The highest BCUT2D eigenvalue weighted by Gasteiger charge is 2.45. The molecule has 0 aromatic heterocycles. The van der Waals surface area contributed by atoms with Crippen LogP contribution in [0.3, 0.4) is 0 Å². The standard InChI is InChI=1S/C37H42F4N4O2S/c1-4-43(5-2)18-19-44(22-26-6-10-28(11-7-26)29-12-14-30(15-13-29)37(39,40)41)34(46)23-45-33-21-25(3)20-32(33)35(47)42-36(45)48-24-27-8-16-31(38)17-9-27/h6-17,25,32-33H,4-5,18-24H2,1-3H3/i4D2,5D2,18D2,19D2,20D2,21D2,25D. The maximum Gasteiger partial charge on any atom is 0.416 e. The van der Waals surface area contributed by atoms with Crippen molar-refractivity contribution in [3.8, 4) is 11.1 Å². The molecule has 1 heterocycles. The number of amides is 2. The van der Waals surface area contributed by atoms with E-state index in [1.54, 1.807) is 0 Å². The smallest absolute Gasteiger partial charge is 0.338 e. The molecule has 1 aliphatic carbocycles. The second kappa shape index (κ2) is 15.7. The van der Waals surface area contributed by atoms with Crippen molar-refractivity contribution in [3.05, 3.63) is 95.3 Å². The average molecular weight is 696 g/mol. The number of nitrogens with zero attached hydrogens (tertiary/aromatic N) is 4. The topological polar surface area (TPSA) is 56.2 Å². The molecule has 0 saturated heterocycles. The van der Waals surface area contributed by atoms with Gasteiger partial charge in [0.25, 0.3) is 5.91 Å². The van der Waals surface area contributed by atoms with Gasteiger partial charge in [0.15, 0.2) is 5.17 Å². The maximum atomic E-state index is 14.8. The lowest BCUT2D eigenvalue weighted by Crippen LogP contribution is -2.52. The lowest BCUT2D eigenvalue weighted by molar-refractivity contribution is -0.137. The molecule has 1 fully saturated rings. The molecule has 0 N–H and O–H groups in total. The first-order valence-corrected chi connectivity index (χ1v) is 15.8. The molecular formula is C37H42F4N4O2S. The highest BCUT2D eigenvalue weighted by molar-refractivity contribution is 8.13. The number of halogens is 4. The Balaban J connectivity index is 1.61. The van der Waals surface area contributed by atoms with Gasteiger partial charge in [-0.1, -0.05) is 81.1 Å². The third-order valence-corrected chi connectivity index (χ3v) is 8.64. The van der Waals surface area contributed by atoms with Crippen molar-refractivity contribution in [2.75, 3.05) is 32.5 Å². The van der Waals surface area contributed by atoms with Crippen molar-refractivity contribution in [1.29, 1.82) is 0 Å². The van der Waals surface area contributed by atoms with Crippen LogP contribution in [-0.2, 0) is 28.1 Å². The fourth-order valence-corrected chi connectivity index (χ4v) is 6.05. The molecule has 0 radical (unpaired) electrons. The van der Waals surface area contributed by atoms with E-state index in [4.69, 9.17) is 15.1 Å². The number of hydrogen-bond donors (Lipinski definition) is 0. The summed E-state index contributed by atoms with van der Waals surface area (Å²) < 4.78 is 167. The Labute approximate surface area is 302 Å². The normalized spacial score (nSPS) is 28.2. The Morgan fingerprint density at radius 3 is 2.19 bits per heavy atom. The van der Waals surface area contributed by atoms with Gasteiger partial charge in [-0.15, -0.1) is 0 Å². The molecule has 3 atom stereocenters. The minimum atomic E-state index is -4.59. The van der Waals surface area contributed by atoms with Crippen molar-refractivity contribution in [2.45, 2.75) is 58.0 Å². The number of likely N-dealkylation sites (N-methyl/N-ethyl adjacent to an activating group) is 1. The number of fused-ring (bicyclic) bond motifs is 1. The third-order valence-electron chi connectivity index (χ3n) is 7.58. The molecule has 11 heteroatoms. The molecular weight excluding hydrogens is 640 g/mol. The van der Waals surface area contributed by atoms with E-state index in [9.17, 15) is 29.9 Å². The van der Waals surface area contributed by atoms with Crippen molar-refractivity contribution in [2.24, 2.45) is 16.8 Å². The Morgan fingerprint density at radius 1 is 0.979 bits per heavy atom. The highest BCUT2D eigenvalue weighted by atomic mass is 32.2. The molecule has 5 rings (SSSR count). The SMILES string of the molecule is [2H]C([2H])(C)N(C([2H])([2H])C)C([2H])([2H])C([2H])([2H])N(Cc1ccc(-c2ccc(C(F)(F)F)cc2)cc1)C(=O)CN1C(SCc2ccc(F)cc2)=NC(=O)C2C1C([2H])([2H])C([2H])(C)C2([2H])[2H]. The number of aliphatic imine (C=N–C) groups is 1. The monoisotopic (exact) mass is 695 g/mol. The molecule has 1 saturated carbocycles. The molecule has 1 aliphatic heterocycles. The van der Waals surface area contributed by atoms with Crippen LogP contribution in [0.25, 0.3) is 11.1 Å². The van der Waals surface area contributed by atoms with Gasteiger partial charge in [0, 0.05) is 46.4 Å². The van der Waals surface area contributed by atoms with Gasteiger partial charge >= 0.3 is 6.18 Å². The van der Waals surface area contributed by atoms with Gasteiger partial charge in [-0.2, -0.15) is 18.2 Å². The van der Waals surface area contributed by atoms with Crippen molar-refractivity contribution >= 4 is 28.7 Å². The zero-order chi connectivity index (χ0) is 46.1. The van der Waals surface area contributed by atoms with E-state index in [2.05, 4.69) is 4.99 Å². The van der Waals surface area contributed by atoms with E-state index in [0.29, 0.717) is 21.6 Å². The van der Waals surface area contributed by atoms with Crippen molar-refractivity contribution in [3.63, 3.8) is 0 Å². The van der Waals surface area contributed by atoms with E-state index in [1.807, 2.05) is 0 Å². The lowest BCUT2D eigenvalue weighted by atomic mass is 10.00. The van der Waals surface area contributed by atoms with Crippen LogP contribution in [0.2, 0.25) is 0 Å². The molecule has 256 valence electrons. The molecule has 3 aromatic carbocycles. The van der Waals surface area contributed by atoms with E-state index in [1.165, 1.54) is 48.5 Å². The maximum absolute atomic E-state index is 14.8. The van der Waals surface area contributed by atoms with Gasteiger partial charge in [0.2, 0.25) is 5.91 Å². The van der Waals surface area contributed by atoms with Gasteiger partial charge in [-0.05, 0) is 78.2 Å². The van der Waals surface area contributed by atoms with Crippen LogP contribution in [0, 0.1) is 17.6 Å². The number of hydrogen-bond acceptors (Lipinski definition) is 5. The van der Waals surface area contributed by atoms with Gasteiger partial charge in [0.1, 0.15) is 5.82 Å². The minimum Gasteiger partial charge on any atom is -0.338 e. The van der Waals surface area contributed by atoms with Gasteiger partial charge in [0.05, 0.1) is 20.8 Å². The number of carbonyl (C=O) groups excluding carboxylic acids is 2. The second-order valence-corrected chi connectivity index (χ2v) is 11.8. The lowest BCUT2D eigenvalue weighted by Gasteiger charge is -2.38. The summed E-state index contributed by atoms with van der Waals surface area (Å²) in [5, 5.41) is -0.345. The molecule has 6 nitrogen and oxygen atoms in total. The van der Waals surface area contributed by atoms with E-state index >= 15 is 0 Å². The third kappa shape index (κ3) is 8.85. The second-order valence-electron chi connectivity index (χ2n) is 10.9. The average Bonchev–Trinajstić information content (AvgIpc) is 3.23. The van der Waals surface area contributed by atoms with E-state index in [0.717, 1.165) is 61.7 Å². The van der Waals surface area contributed by atoms with Crippen LogP contribution in [0.15, 0.2) is 77.8 Å². The molecule has 3 unspecified atom stereocenters. The quantitative estimate of drug-likeness (QED) is 0.182. The van der Waals surface area contributed by atoms with Crippen LogP contribution >= 0.6 is 11.8 Å². The fourth-order valence-electron chi connectivity index (χ4n) is 5.06. The van der Waals surface area contributed by atoms with Gasteiger partial charge < -0.3 is 14.7 Å². The molecule has 48 heavy (non-hydrogen) atoms. The zero-order valence-electron chi connectivity index (χ0n) is 39.2. The first kappa shape index (κ1) is 22.1. The summed E-state index contributed by atoms with van der Waals surface area (Å²) in [6, 6.07) is 13.0. The van der Waals surface area contributed by atoms with Crippen LogP contribution in [0.5, 0.6) is 0 Å². The predicted molar refractivity (Wildman–Crippen MR) is 183 cm³/mol. The Hall–Kier alpha value is -3.70. The summed E-state index contributed by atoms with van der Waals surface area (Å²) in [5.74, 6) is -7.67. The number of alkyl halides is 3. The Kier molecular flexibility index (Phi) is 7.22. The van der Waals surface area contributed by atoms with E-state index < -0.39 is 99.0 Å². The largest absolute Gasteiger partial charge is 0.416 e. The zero-order valence-corrected chi connectivity index (χ0v) is 27.0. The van der Waals surface area contributed by atoms with Crippen LogP contribution in [0.4, 0.5) is 17.6 Å². The molecule has 0 spiro atoms. The number of thioether (sulfide) groups is 1. The van der Waals surface area contributed by atoms with Gasteiger partial charge in [-0.25, -0.2) is 4.39 Å². The van der Waals surface area contributed by atoms with Crippen LogP contribution in [0.1, 0.15) is 68.0 Å². The summed E-state index contributed by atoms with van der Waals surface area (Å²) >= 11 is 0.776. The van der Waals surface area contributed by atoms with Crippen LogP contribution < -0.4 is 0 Å². The predicted octanol–water partition coefficient (Wildman–Crippen LogP) is 7.73. The summed E-state index contributed by atoms with van der Waals surface area (Å²) in [6.45, 7) is -12.5. The van der Waals surface area contributed by atoms with Crippen molar-refractivity contribution < 1.29 is 45.0 Å². The molecule has 2 amide bonds. The minimum absolute atomic E-state index is 0.0301. The van der Waals surface area contributed by atoms with Crippen LogP contribution in [-0.4, -0.2) is 70.3 Å². The summed E-state index contributed by atoms with van der Waals surface area (Å²) in [6.07, 6.45) is -10.4. The first-order chi connectivity index (χ1) is 27.7. The number of carbonyl (C=O) groups is 2. The first-order valence-electron chi connectivity index (χ1n) is 21.3. The summed E-state index contributed by atoms with van der Waals surface area (Å²) in [5.41, 5.74) is 0.459. The molecule has 0 bridgehead atoms. The number of amidine groups is 1. The van der Waals surface area contributed by atoms with Crippen molar-refractivity contribution in [1.82, 2.24) is 14.7 Å². The number of benzene rings is 3. The molecule has 3 aromatic rings. The Bertz CT molecular complexity index is 2130. The Morgan fingerprint density at radius 2 is 1.58 bits per heavy atom. The van der Waals surface area contributed by atoms with E-state index in [-0.39, 0.29) is 21.4 Å². The summed E-state index contributed by atoms with van der Waals surface area (Å²) in [7, 11) is 0. The fraction of sp³-hybridized carbons (Fsp3) is 0.432. The molecule has 2 aliphatic rings. The summed E-state index contributed by atoms with van der Waals surface area (Å²) in [4.78, 5) is 33.6. The van der Waals surface area contributed by atoms with Gasteiger partial charge in [-0.3, -0.25) is 9.59 Å². The number of rotatable bonds is 12.